The molecule has 0 bridgehead atoms. The molecule has 2 aliphatic rings. The summed E-state index contributed by atoms with van der Waals surface area (Å²) in [5, 5.41) is 0. The van der Waals surface area contributed by atoms with Crippen molar-refractivity contribution in [2.75, 3.05) is 13.1 Å². The molecule has 25 heavy (non-hydrogen) atoms. The number of pyridine rings is 1. The fraction of sp³-hybridized carbons (Fsp3) is 0.429. The summed E-state index contributed by atoms with van der Waals surface area (Å²) < 4.78 is 0. The van der Waals surface area contributed by atoms with Gasteiger partial charge in [-0.1, -0.05) is 36.4 Å². The molecule has 2 saturated heterocycles. The van der Waals surface area contributed by atoms with Gasteiger partial charge in [-0.3, -0.25) is 14.7 Å². The van der Waals surface area contributed by atoms with Gasteiger partial charge in [0, 0.05) is 37.9 Å². The lowest BCUT2D eigenvalue weighted by Crippen LogP contribution is -2.35. The van der Waals surface area contributed by atoms with Crippen LogP contribution in [-0.2, 0) is 11.2 Å². The SMILES string of the molecule is O=C(CCCc1cccnc1)N1CC2CCCN2C1c1ccccc1. The van der Waals surface area contributed by atoms with Gasteiger partial charge in [-0.15, -0.1) is 0 Å². The molecule has 0 saturated carbocycles. The van der Waals surface area contributed by atoms with Crippen LogP contribution in [0.2, 0.25) is 0 Å². The number of aromatic nitrogens is 1. The first-order chi connectivity index (χ1) is 12.3. The molecule has 0 radical (unpaired) electrons. The van der Waals surface area contributed by atoms with Crippen molar-refractivity contribution in [3.05, 3.63) is 66.0 Å². The van der Waals surface area contributed by atoms with Crippen LogP contribution >= 0.6 is 0 Å². The van der Waals surface area contributed by atoms with Crippen molar-refractivity contribution >= 4 is 5.91 Å². The maximum Gasteiger partial charge on any atom is 0.224 e. The Morgan fingerprint density at radius 3 is 2.84 bits per heavy atom. The molecule has 4 heteroatoms. The molecule has 130 valence electrons. The van der Waals surface area contributed by atoms with Crippen molar-refractivity contribution in [3.8, 4) is 0 Å². The Morgan fingerprint density at radius 1 is 1.16 bits per heavy atom. The van der Waals surface area contributed by atoms with Gasteiger partial charge in [-0.05, 0) is 42.9 Å². The second-order valence-corrected chi connectivity index (χ2v) is 7.08. The number of hydrogen-bond donors (Lipinski definition) is 0. The van der Waals surface area contributed by atoms with E-state index >= 15 is 0 Å². The number of benzene rings is 1. The van der Waals surface area contributed by atoms with Crippen LogP contribution in [0.25, 0.3) is 0 Å². The number of amides is 1. The molecule has 0 spiro atoms. The summed E-state index contributed by atoms with van der Waals surface area (Å²) in [6.07, 6.45) is 8.67. The van der Waals surface area contributed by atoms with Crippen molar-refractivity contribution in [1.29, 1.82) is 0 Å². The summed E-state index contributed by atoms with van der Waals surface area (Å²) >= 11 is 0. The molecule has 1 amide bonds. The predicted molar refractivity (Wildman–Crippen MR) is 97.8 cm³/mol. The molecule has 0 aliphatic carbocycles. The van der Waals surface area contributed by atoms with Gasteiger partial charge in [0.15, 0.2) is 0 Å². The van der Waals surface area contributed by atoms with Crippen LogP contribution in [0.15, 0.2) is 54.9 Å². The van der Waals surface area contributed by atoms with Crippen LogP contribution in [0.5, 0.6) is 0 Å². The van der Waals surface area contributed by atoms with Crippen molar-refractivity contribution in [1.82, 2.24) is 14.8 Å². The van der Waals surface area contributed by atoms with E-state index in [0.717, 1.165) is 25.9 Å². The van der Waals surface area contributed by atoms with E-state index in [0.29, 0.717) is 12.5 Å². The molecule has 1 aromatic heterocycles. The zero-order valence-electron chi connectivity index (χ0n) is 14.6. The first-order valence-corrected chi connectivity index (χ1v) is 9.32. The number of carbonyl (C=O) groups is 1. The van der Waals surface area contributed by atoms with E-state index in [1.165, 1.54) is 24.0 Å². The van der Waals surface area contributed by atoms with Crippen molar-refractivity contribution < 1.29 is 4.79 Å². The van der Waals surface area contributed by atoms with Crippen molar-refractivity contribution in [2.45, 2.75) is 44.3 Å². The maximum absolute atomic E-state index is 12.9. The van der Waals surface area contributed by atoms with Crippen molar-refractivity contribution in [3.63, 3.8) is 0 Å². The Balaban J connectivity index is 1.43. The number of rotatable bonds is 5. The third-order valence-corrected chi connectivity index (χ3v) is 5.44. The molecular formula is C21H25N3O. The smallest absolute Gasteiger partial charge is 0.224 e. The Bertz CT molecular complexity index is 704. The lowest BCUT2D eigenvalue weighted by atomic mass is 10.1. The average Bonchev–Trinajstić information content (AvgIpc) is 3.24. The summed E-state index contributed by atoms with van der Waals surface area (Å²) in [7, 11) is 0. The summed E-state index contributed by atoms with van der Waals surface area (Å²) in [4.78, 5) is 21.7. The molecule has 2 unspecified atom stereocenters. The highest BCUT2D eigenvalue weighted by Gasteiger charge is 2.44. The van der Waals surface area contributed by atoms with E-state index in [4.69, 9.17) is 0 Å². The lowest BCUT2D eigenvalue weighted by Gasteiger charge is -2.30. The first-order valence-electron chi connectivity index (χ1n) is 9.32. The van der Waals surface area contributed by atoms with Gasteiger partial charge < -0.3 is 4.90 Å². The zero-order chi connectivity index (χ0) is 17.1. The summed E-state index contributed by atoms with van der Waals surface area (Å²) in [6.45, 7) is 1.98. The lowest BCUT2D eigenvalue weighted by molar-refractivity contribution is -0.133. The minimum Gasteiger partial charge on any atom is -0.321 e. The number of hydrogen-bond acceptors (Lipinski definition) is 3. The minimum atomic E-state index is 0.125. The summed E-state index contributed by atoms with van der Waals surface area (Å²) in [5.74, 6) is 0.284. The highest BCUT2D eigenvalue weighted by molar-refractivity contribution is 5.77. The van der Waals surface area contributed by atoms with Crippen LogP contribution in [0, 0.1) is 0 Å². The number of carbonyl (C=O) groups excluding carboxylic acids is 1. The molecule has 2 aliphatic heterocycles. The van der Waals surface area contributed by atoms with Crippen molar-refractivity contribution in [2.24, 2.45) is 0 Å². The molecule has 0 N–H and O–H groups in total. The Kier molecular flexibility index (Phi) is 4.79. The number of fused-ring (bicyclic) bond motifs is 1. The highest BCUT2D eigenvalue weighted by Crippen LogP contribution is 2.39. The first kappa shape index (κ1) is 16.3. The Labute approximate surface area is 149 Å². The largest absolute Gasteiger partial charge is 0.321 e. The average molecular weight is 335 g/mol. The van der Waals surface area contributed by atoms with E-state index in [2.05, 4.69) is 45.1 Å². The standard InChI is InChI=1S/C21H25N3O/c25-20(12-4-7-17-8-5-13-22-15-17)24-16-19-11-6-14-23(19)21(24)18-9-2-1-3-10-18/h1-3,5,8-10,13,15,19,21H,4,6-7,11-12,14,16H2. The fourth-order valence-electron chi connectivity index (χ4n) is 4.25. The van der Waals surface area contributed by atoms with E-state index in [9.17, 15) is 4.79 Å². The van der Waals surface area contributed by atoms with E-state index in [-0.39, 0.29) is 12.1 Å². The predicted octanol–water partition coefficient (Wildman–Crippen LogP) is 3.41. The van der Waals surface area contributed by atoms with E-state index in [1.807, 2.05) is 18.3 Å². The van der Waals surface area contributed by atoms with Crippen LogP contribution in [0.3, 0.4) is 0 Å². The third kappa shape index (κ3) is 3.45. The monoisotopic (exact) mass is 335 g/mol. The van der Waals surface area contributed by atoms with E-state index in [1.54, 1.807) is 6.20 Å². The molecule has 2 atom stereocenters. The highest BCUT2D eigenvalue weighted by atomic mass is 16.2. The Morgan fingerprint density at radius 2 is 2.04 bits per heavy atom. The van der Waals surface area contributed by atoms with E-state index < -0.39 is 0 Å². The molecule has 2 aromatic rings. The van der Waals surface area contributed by atoms with Gasteiger partial charge in [0.1, 0.15) is 6.17 Å². The molecular weight excluding hydrogens is 310 g/mol. The van der Waals surface area contributed by atoms with Gasteiger partial charge in [0.2, 0.25) is 5.91 Å². The van der Waals surface area contributed by atoms with Gasteiger partial charge in [-0.25, -0.2) is 0 Å². The van der Waals surface area contributed by atoms with Gasteiger partial charge >= 0.3 is 0 Å². The molecule has 3 heterocycles. The normalized spacial score (nSPS) is 23.0. The topological polar surface area (TPSA) is 36.4 Å². The molecule has 2 fully saturated rings. The quantitative estimate of drug-likeness (QED) is 0.840. The second kappa shape index (κ2) is 7.36. The zero-order valence-corrected chi connectivity index (χ0v) is 14.6. The van der Waals surface area contributed by atoms with Gasteiger partial charge in [0.25, 0.3) is 0 Å². The molecule has 4 rings (SSSR count). The minimum absolute atomic E-state index is 0.125. The number of aryl methyl sites for hydroxylation is 1. The third-order valence-electron chi connectivity index (χ3n) is 5.44. The van der Waals surface area contributed by atoms with Gasteiger partial charge in [0.05, 0.1) is 0 Å². The van der Waals surface area contributed by atoms with Crippen LogP contribution < -0.4 is 0 Å². The molecule has 4 nitrogen and oxygen atoms in total. The maximum atomic E-state index is 12.9. The van der Waals surface area contributed by atoms with Gasteiger partial charge in [-0.2, -0.15) is 0 Å². The van der Waals surface area contributed by atoms with Crippen LogP contribution in [-0.4, -0.2) is 39.8 Å². The Hall–Kier alpha value is -2.20. The molecule has 1 aromatic carbocycles. The van der Waals surface area contributed by atoms with Crippen LogP contribution in [0.1, 0.15) is 43.0 Å². The summed E-state index contributed by atoms with van der Waals surface area (Å²) in [6, 6.07) is 15.1. The summed E-state index contributed by atoms with van der Waals surface area (Å²) in [5.41, 5.74) is 2.45. The fourth-order valence-corrected chi connectivity index (χ4v) is 4.25. The number of nitrogens with zero attached hydrogens (tertiary/aromatic N) is 3. The van der Waals surface area contributed by atoms with Crippen LogP contribution in [0.4, 0.5) is 0 Å². The second-order valence-electron chi connectivity index (χ2n) is 7.08.